The van der Waals surface area contributed by atoms with Crippen molar-refractivity contribution < 1.29 is 13.6 Å². The number of carbonyl (C=O) groups excluding carboxylic acids is 1. The van der Waals surface area contributed by atoms with Gasteiger partial charge in [0.2, 0.25) is 5.01 Å². The lowest BCUT2D eigenvalue weighted by Gasteiger charge is -2.02. The summed E-state index contributed by atoms with van der Waals surface area (Å²) in [6.07, 6.45) is 0. The van der Waals surface area contributed by atoms with Gasteiger partial charge in [-0.3, -0.25) is 4.79 Å². The number of oxazole rings is 1. The number of carbonyl (C=O) groups is 1. The van der Waals surface area contributed by atoms with E-state index in [1.165, 1.54) is 29.2 Å². The van der Waals surface area contributed by atoms with Crippen molar-refractivity contribution in [2.24, 2.45) is 0 Å². The van der Waals surface area contributed by atoms with Crippen LogP contribution in [0, 0.1) is 12.7 Å². The SMILES string of the molecule is Cc1ccc(NC(=O)c2nnc(CSc3nc4c(F)cccc4o3)s2)cc1. The molecule has 0 aliphatic rings. The van der Waals surface area contributed by atoms with Crippen LogP contribution in [0.3, 0.4) is 0 Å². The Kier molecular flexibility index (Phi) is 4.87. The topological polar surface area (TPSA) is 80.9 Å². The molecule has 0 aliphatic heterocycles. The number of para-hydroxylation sites is 1. The van der Waals surface area contributed by atoms with Crippen LogP contribution < -0.4 is 5.32 Å². The Balaban J connectivity index is 1.40. The zero-order valence-corrected chi connectivity index (χ0v) is 15.7. The second-order valence-corrected chi connectivity index (χ2v) is 7.66. The van der Waals surface area contributed by atoms with Crippen molar-refractivity contribution in [3.05, 3.63) is 63.9 Å². The highest BCUT2D eigenvalue weighted by Crippen LogP contribution is 2.28. The number of nitrogens with one attached hydrogen (secondary N) is 1. The van der Waals surface area contributed by atoms with Crippen LogP contribution in [0.4, 0.5) is 10.1 Å². The molecule has 4 rings (SSSR count). The molecule has 9 heteroatoms. The molecule has 2 aromatic heterocycles. The maximum absolute atomic E-state index is 13.7. The molecule has 0 saturated carbocycles. The fourth-order valence-electron chi connectivity index (χ4n) is 2.30. The summed E-state index contributed by atoms with van der Waals surface area (Å²) in [5, 5.41) is 12.0. The fourth-order valence-corrected chi connectivity index (χ4v) is 3.86. The first-order valence-corrected chi connectivity index (χ1v) is 9.77. The molecule has 0 radical (unpaired) electrons. The second kappa shape index (κ2) is 7.45. The molecule has 1 amide bonds. The number of benzene rings is 2. The van der Waals surface area contributed by atoms with E-state index < -0.39 is 5.82 Å². The Morgan fingerprint density at radius 2 is 2.04 bits per heavy atom. The van der Waals surface area contributed by atoms with Gasteiger partial charge < -0.3 is 9.73 Å². The summed E-state index contributed by atoms with van der Waals surface area (Å²) >= 11 is 2.46. The summed E-state index contributed by atoms with van der Waals surface area (Å²) in [4.78, 5) is 16.4. The van der Waals surface area contributed by atoms with E-state index in [1.54, 1.807) is 12.1 Å². The first kappa shape index (κ1) is 17.6. The van der Waals surface area contributed by atoms with Gasteiger partial charge in [-0.1, -0.05) is 46.9 Å². The molecule has 136 valence electrons. The van der Waals surface area contributed by atoms with Crippen molar-refractivity contribution in [3.63, 3.8) is 0 Å². The zero-order chi connectivity index (χ0) is 18.8. The Morgan fingerprint density at radius 3 is 2.81 bits per heavy atom. The molecule has 2 heterocycles. The molecule has 27 heavy (non-hydrogen) atoms. The van der Waals surface area contributed by atoms with E-state index in [0.717, 1.165) is 5.56 Å². The van der Waals surface area contributed by atoms with Crippen LogP contribution in [0.2, 0.25) is 0 Å². The first-order valence-electron chi connectivity index (χ1n) is 7.97. The Hall–Kier alpha value is -2.78. The van der Waals surface area contributed by atoms with E-state index in [-0.39, 0.29) is 16.4 Å². The van der Waals surface area contributed by atoms with Crippen molar-refractivity contribution in [2.45, 2.75) is 17.9 Å². The maximum atomic E-state index is 13.7. The Bertz CT molecular complexity index is 1110. The zero-order valence-electron chi connectivity index (χ0n) is 14.1. The highest BCUT2D eigenvalue weighted by molar-refractivity contribution is 7.98. The molecule has 2 aromatic carbocycles. The predicted octanol–water partition coefficient (Wildman–Crippen LogP) is 4.67. The molecule has 0 spiro atoms. The van der Waals surface area contributed by atoms with Crippen molar-refractivity contribution >= 4 is 45.8 Å². The summed E-state index contributed by atoms with van der Waals surface area (Å²) < 4.78 is 19.2. The standard InChI is InChI=1S/C18H13FN4O2S2/c1-10-5-7-11(8-6-10)20-16(24)17-23-22-14(27-17)9-26-18-21-15-12(19)3-2-4-13(15)25-18/h2-8H,9H2,1H3,(H,20,24). The van der Waals surface area contributed by atoms with Crippen molar-refractivity contribution in [2.75, 3.05) is 5.32 Å². The highest BCUT2D eigenvalue weighted by atomic mass is 32.2. The lowest BCUT2D eigenvalue weighted by Crippen LogP contribution is -2.11. The summed E-state index contributed by atoms with van der Waals surface area (Å²) in [6, 6.07) is 12.1. The average Bonchev–Trinajstić information content (AvgIpc) is 3.29. The number of halogens is 1. The Labute approximate surface area is 161 Å². The van der Waals surface area contributed by atoms with Crippen LogP contribution in [0.1, 0.15) is 20.4 Å². The third kappa shape index (κ3) is 3.99. The Morgan fingerprint density at radius 1 is 1.22 bits per heavy atom. The monoisotopic (exact) mass is 400 g/mol. The minimum Gasteiger partial charge on any atom is -0.431 e. The number of nitrogens with zero attached hydrogens (tertiary/aromatic N) is 3. The molecule has 0 unspecified atom stereocenters. The van der Waals surface area contributed by atoms with Gasteiger partial charge in [-0.25, -0.2) is 9.37 Å². The van der Waals surface area contributed by atoms with Gasteiger partial charge in [0.1, 0.15) is 10.5 Å². The van der Waals surface area contributed by atoms with Crippen molar-refractivity contribution in [1.82, 2.24) is 15.2 Å². The van der Waals surface area contributed by atoms with Crippen molar-refractivity contribution in [1.29, 1.82) is 0 Å². The number of aromatic nitrogens is 3. The van der Waals surface area contributed by atoms with Crippen LogP contribution in [0.25, 0.3) is 11.1 Å². The number of amides is 1. The lowest BCUT2D eigenvalue weighted by atomic mass is 10.2. The van der Waals surface area contributed by atoms with Crippen LogP contribution in [0.15, 0.2) is 52.1 Å². The van der Waals surface area contributed by atoms with Gasteiger partial charge >= 0.3 is 0 Å². The number of aryl methyl sites for hydroxylation is 1. The van der Waals surface area contributed by atoms with E-state index in [0.29, 0.717) is 27.3 Å². The number of anilines is 1. The van der Waals surface area contributed by atoms with Crippen LogP contribution in [-0.4, -0.2) is 21.1 Å². The van der Waals surface area contributed by atoms with Crippen LogP contribution >= 0.6 is 23.1 Å². The molecule has 6 nitrogen and oxygen atoms in total. The molecule has 0 fully saturated rings. The lowest BCUT2D eigenvalue weighted by molar-refractivity contribution is 0.102. The number of fused-ring (bicyclic) bond motifs is 1. The number of rotatable bonds is 5. The summed E-state index contributed by atoms with van der Waals surface area (Å²) in [5.41, 5.74) is 2.41. The van der Waals surface area contributed by atoms with Crippen LogP contribution in [-0.2, 0) is 5.75 Å². The molecule has 0 atom stereocenters. The smallest absolute Gasteiger partial charge is 0.286 e. The van der Waals surface area contributed by atoms with E-state index in [9.17, 15) is 9.18 Å². The maximum Gasteiger partial charge on any atom is 0.286 e. The van der Waals surface area contributed by atoms with Crippen molar-refractivity contribution in [3.8, 4) is 0 Å². The largest absolute Gasteiger partial charge is 0.431 e. The summed E-state index contributed by atoms with van der Waals surface area (Å²) in [5.74, 6) is -0.310. The van der Waals surface area contributed by atoms with Gasteiger partial charge in [-0.05, 0) is 31.2 Å². The average molecular weight is 400 g/mol. The van der Waals surface area contributed by atoms with Gasteiger partial charge in [-0.2, -0.15) is 0 Å². The normalized spacial score (nSPS) is 11.0. The van der Waals surface area contributed by atoms with E-state index in [2.05, 4.69) is 20.5 Å². The van der Waals surface area contributed by atoms with Gasteiger partial charge in [0.25, 0.3) is 11.1 Å². The molecule has 0 saturated heterocycles. The minimum absolute atomic E-state index is 0.204. The third-order valence-electron chi connectivity index (χ3n) is 3.64. The molecular formula is C18H13FN4O2S2. The first-order chi connectivity index (χ1) is 13.1. The van der Waals surface area contributed by atoms with Gasteiger partial charge in [-0.15, -0.1) is 10.2 Å². The predicted molar refractivity (Wildman–Crippen MR) is 103 cm³/mol. The molecule has 1 N–H and O–H groups in total. The molecule has 0 bridgehead atoms. The minimum atomic E-state index is -0.422. The fraction of sp³-hybridized carbons (Fsp3) is 0.111. The molecule has 0 aliphatic carbocycles. The van der Waals surface area contributed by atoms with E-state index >= 15 is 0 Å². The van der Waals surface area contributed by atoms with Gasteiger partial charge in [0.15, 0.2) is 11.4 Å². The van der Waals surface area contributed by atoms with Gasteiger partial charge in [0, 0.05) is 5.69 Å². The molecular weight excluding hydrogens is 387 g/mol. The summed E-state index contributed by atoms with van der Waals surface area (Å²) in [7, 11) is 0. The quantitative estimate of drug-likeness (QED) is 0.490. The van der Waals surface area contributed by atoms with Gasteiger partial charge in [0.05, 0.1) is 5.75 Å². The summed E-state index contributed by atoms with van der Waals surface area (Å²) in [6.45, 7) is 1.98. The van der Waals surface area contributed by atoms with E-state index in [4.69, 9.17) is 4.42 Å². The number of hydrogen-bond acceptors (Lipinski definition) is 7. The number of thioether (sulfide) groups is 1. The van der Waals surface area contributed by atoms with E-state index in [1.807, 2.05) is 31.2 Å². The third-order valence-corrected chi connectivity index (χ3v) is 5.58. The number of hydrogen-bond donors (Lipinski definition) is 1. The van der Waals surface area contributed by atoms with Crippen LogP contribution in [0.5, 0.6) is 0 Å². The second-order valence-electron chi connectivity index (χ2n) is 5.68. The highest BCUT2D eigenvalue weighted by Gasteiger charge is 2.15. The molecule has 4 aromatic rings.